The van der Waals surface area contributed by atoms with E-state index in [4.69, 9.17) is 19.4 Å². The molecule has 5 atom stereocenters. The van der Waals surface area contributed by atoms with E-state index in [2.05, 4.69) is 10.5 Å². The molecule has 1 aromatic carbocycles. The quantitative estimate of drug-likeness (QED) is 0.528. The van der Waals surface area contributed by atoms with Gasteiger partial charge in [-0.3, -0.25) is 4.79 Å². The number of nitrogens with one attached hydrogen (secondary N) is 1. The number of hydrogen-bond donors (Lipinski definition) is 3. The van der Waals surface area contributed by atoms with E-state index in [0.29, 0.717) is 0 Å². The Bertz CT molecular complexity index is 593. The fourth-order valence-corrected chi connectivity index (χ4v) is 2.75. The number of carbonyl (C=O) groups is 1. The lowest BCUT2D eigenvalue weighted by molar-refractivity contribution is -0.281. The average molecular weight is 322 g/mol. The first-order valence-corrected chi connectivity index (χ1v) is 7.26. The Labute approximate surface area is 132 Å². The monoisotopic (exact) mass is 322 g/mol. The molecule has 1 amide bonds. The number of aliphatic hydroxyl groups is 1. The van der Waals surface area contributed by atoms with Crippen molar-refractivity contribution in [2.75, 3.05) is 6.61 Å². The Hall–Kier alpha value is -2.16. The number of ether oxygens (including phenoxy) is 3. The van der Waals surface area contributed by atoms with Crippen LogP contribution in [0.3, 0.4) is 0 Å². The smallest absolute Gasteiger partial charge is 0.251 e. The van der Waals surface area contributed by atoms with Crippen LogP contribution in [-0.2, 0) is 19.0 Å². The summed E-state index contributed by atoms with van der Waals surface area (Å²) in [5.41, 5.74) is 0.816. The topological polar surface area (TPSA) is 110 Å². The van der Waals surface area contributed by atoms with Gasteiger partial charge in [0.1, 0.15) is 18.2 Å². The molecule has 2 aliphatic heterocycles. The lowest BCUT2D eigenvalue weighted by Gasteiger charge is -2.44. The van der Waals surface area contributed by atoms with Crippen LogP contribution in [0.5, 0.6) is 0 Å². The number of hydrogen-bond acceptors (Lipinski definition) is 7. The highest BCUT2D eigenvalue weighted by molar-refractivity contribution is 5.88. The number of carbonyl (C=O) groups excluding carboxylic acids is 1. The van der Waals surface area contributed by atoms with Crippen LogP contribution in [0.25, 0.3) is 0 Å². The highest BCUT2D eigenvalue weighted by Crippen LogP contribution is 2.32. The number of benzene rings is 1. The van der Waals surface area contributed by atoms with Crippen molar-refractivity contribution in [2.24, 2.45) is 5.16 Å². The molecule has 3 N–H and O–H groups in total. The zero-order chi connectivity index (χ0) is 16.4. The van der Waals surface area contributed by atoms with Gasteiger partial charge in [-0.2, -0.15) is 0 Å². The molecule has 124 valence electrons. The van der Waals surface area contributed by atoms with Crippen molar-refractivity contribution in [3.63, 3.8) is 0 Å². The minimum absolute atomic E-state index is 0.160. The Morgan fingerprint density at radius 1 is 1.35 bits per heavy atom. The van der Waals surface area contributed by atoms with Crippen molar-refractivity contribution < 1.29 is 29.3 Å². The van der Waals surface area contributed by atoms with Crippen LogP contribution in [-0.4, -0.2) is 53.1 Å². The van der Waals surface area contributed by atoms with Crippen LogP contribution in [0.1, 0.15) is 18.8 Å². The summed E-state index contributed by atoms with van der Waals surface area (Å²) in [5.74, 6) is -0.553. The molecule has 8 heteroatoms. The van der Waals surface area contributed by atoms with Gasteiger partial charge in [-0.25, -0.2) is 0 Å². The summed E-state index contributed by atoms with van der Waals surface area (Å²) in [5, 5.41) is 25.0. The molecule has 0 radical (unpaired) electrons. The molecule has 23 heavy (non-hydrogen) atoms. The van der Waals surface area contributed by atoms with Crippen LogP contribution in [0.2, 0.25) is 0 Å². The van der Waals surface area contributed by atoms with E-state index >= 15 is 0 Å². The highest BCUT2D eigenvalue weighted by Gasteiger charge is 2.49. The van der Waals surface area contributed by atoms with E-state index in [0.717, 1.165) is 5.56 Å². The molecule has 0 aliphatic carbocycles. The summed E-state index contributed by atoms with van der Waals surface area (Å²) < 4.78 is 16.9. The first-order valence-electron chi connectivity index (χ1n) is 7.26. The summed E-state index contributed by atoms with van der Waals surface area (Å²) in [6.45, 7) is 1.46. The molecule has 0 saturated carbocycles. The van der Waals surface area contributed by atoms with Gasteiger partial charge >= 0.3 is 0 Å². The van der Waals surface area contributed by atoms with Gasteiger partial charge in [-0.1, -0.05) is 35.5 Å². The molecule has 2 heterocycles. The summed E-state index contributed by atoms with van der Waals surface area (Å²) in [6, 6.07) is 8.33. The minimum atomic E-state index is -1.13. The number of oxime groups is 1. The summed E-state index contributed by atoms with van der Waals surface area (Å²) in [4.78, 5) is 11.3. The van der Waals surface area contributed by atoms with Crippen molar-refractivity contribution in [3.05, 3.63) is 35.9 Å². The van der Waals surface area contributed by atoms with Gasteiger partial charge in [0.05, 0.1) is 6.61 Å². The largest absolute Gasteiger partial charge is 0.468 e. The van der Waals surface area contributed by atoms with Crippen LogP contribution in [0.4, 0.5) is 0 Å². The van der Waals surface area contributed by atoms with Gasteiger partial charge in [0.15, 0.2) is 12.4 Å². The Balaban J connectivity index is 1.79. The third kappa shape index (κ3) is 3.14. The van der Waals surface area contributed by atoms with Crippen LogP contribution in [0.15, 0.2) is 35.5 Å². The number of nitrogens with zero attached hydrogens (tertiary/aromatic N) is 1. The number of amides is 1. The molecule has 0 bridgehead atoms. The molecule has 2 aliphatic rings. The molecule has 2 fully saturated rings. The molecule has 0 spiro atoms. The fraction of sp³-hybridized carbons (Fsp3) is 0.467. The van der Waals surface area contributed by atoms with Gasteiger partial charge in [-0.15, -0.1) is 0 Å². The van der Waals surface area contributed by atoms with Crippen LogP contribution in [0, 0.1) is 0 Å². The molecule has 3 rings (SSSR count). The predicted molar refractivity (Wildman–Crippen MR) is 77.7 cm³/mol. The van der Waals surface area contributed by atoms with E-state index in [-0.39, 0.29) is 18.4 Å². The zero-order valence-corrected chi connectivity index (χ0v) is 12.5. The zero-order valence-electron chi connectivity index (χ0n) is 12.5. The van der Waals surface area contributed by atoms with Gasteiger partial charge in [0.25, 0.3) is 5.90 Å². The molecule has 1 aromatic rings. The fourth-order valence-electron chi connectivity index (χ4n) is 2.75. The molecular formula is C15H18N2O6. The van der Waals surface area contributed by atoms with Gasteiger partial charge < -0.3 is 29.8 Å². The summed E-state index contributed by atoms with van der Waals surface area (Å²) >= 11 is 0. The lowest BCUT2D eigenvalue weighted by atomic mass is 9.96. The van der Waals surface area contributed by atoms with Gasteiger partial charge in [-0.05, 0) is 0 Å². The van der Waals surface area contributed by atoms with Crippen LogP contribution < -0.4 is 5.32 Å². The van der Waals surface area contributed by atoms with Crippen LogP contribution >= 0.6 is 0 Å². The maximum atomic E-state index is 11.3. The molecule has 0 aromatic heterocycles. The van der Waals surface area contributed by atoms with Gasteiger partial charge in [0.2, 0.25) is 5.91 Å². The van der Waals surface area contributed by atoms with E-state index in [1.54, 1.807) is 0 Å². The predicted octanol–water partition coefficient (Wildman–Crippen LogP) is 0.153. The first-order chi connectivity index (χ1) is 11.1. The van der Waals surface area contributed by atoms with Crippen molar-refractivity contribution in [1.29, 1.82) is 0 Å². The second-order valence-corrected chi connectivity index (χ2v) is 5.44. The second-order valence-electron chi connectivity index (χ2n) is 5.44. The molecular weight excluding hydrogens is 304 g/mol. The number of rotatable bonds is 2. The van der Waals surface area contributed by atoms with Crippen molar-refractivity contribution in [1.82, 2.24) is 5.32 Å². The first kappa shape index (κ1) is 15.7. The molecule has 8 nitrogen and oxygen atoms in total. The maximum Gasteiger partial charge on any atom is 0.251 e. The summed E-state index contributed by atoms with van der Waals surface area (Å²) in [7, 11) is 0. The lowest BCUT2D eigenvalue weighted by Crippen LogP contribution is -2.64. The van der Waals surface area contributed by atoms with Crippen molar-refractivity contribution >= 4 is 11.8 Å². The maximum absolute atomic E-state index is 11.3. The average Bonchev–Trinajstić information content (AvgIpc) is 2.57. The summed E-state index contributed by atoms with van der Waals surface area (Å²) in [6.07, 6.45) is -3.11. The standard InChI is InChI=1S/C15H18N2O6/c1-8(18)16-11-12(19)13-10(22-14(11)17-20)7-21-15(23-13)9-5-3-2-4-6-9/h2-6,10-13,15,19-20H,7H2,1H3,(H,16,18)/b17-14+. The third-order valence-corrected chi connectivity index (χ3v) is 3.80. The highest BCUT2D eigenvalue weighted by atomic mass is 16.7. The Kier molecular flexibility index (Phi) is 4.46. The van der Waals surface area contributed by atoms with E-state index in [1.807, 2.05) is 30.3 Å². The molecule has 5 unspecified atom stereocenters. The third-order valence-electron chi connectivity index (χ3n) is 3.80. The van der Waals surface area contributed by atoms with Crippen molar-refractivity contribution in [2.45, 2.75) is 37.6 Å². The second kappa shape index (κ2) is 6.53. The minimum Gasteiger partial charge on any atom is -0.468 e. The Morgan fingerprint density at radius 3 is 2.74 bits per heavy atom. The number of aliphatic hydroxyl groups excluding tert-OH is 1. The van der Waals surface area contributed by atoms with Crippen molar-refractivity contribution in [3.8, 4) is 0 Å². The van der Waals surface area contributed by atoms with Gasteiger partial charge in [0, 0.05) is 12.5 Å². The molecule has 2 saturated heterocycles. The van der Waals surface area contributed by atoms with E-state index in [1.165, 1.54) is 6.92 Å². The number of fused-ring (bicyclic) bond motifs is 1. The normalized spacial score (nSPS) is 35.2. The van der Waals surface area contributed by atoms with E-state index < -0.39 is 30.6 Å². The van der Waals surface area contributed by atoms with E-state index in [9.17, 15) is 9.90 Å². The Morgan fingerprint density at radius 2 is 2.09 bits per heavy atom. The SMILES string of the molecule is CC(=O)NC1/C(=N\O)OC2COC(c3ccccc3)OC2C1O.